The first-order valence-electron chi connectivity index (χ1n) is 6.15. The van der Waals surface area contributed by atoms with E-state index in [0.717, 1.165) is 11.1 Å². The number of alkyl halides is 2. The molecule has 0 unspecified atom stereocenters. The Morgan fingerprint density at radius 3 is 1.50 bits per heavy atom. The smallest absolute Gasteiger partial charge is 0.211 e. The molecule has 2 heteroatoms. The van der Waals surface area contributed by atoms with Crippen LogP contribution in [0.4, 0.5) is 8.78 Å². The van der Waals surface area contributed by atoms with Gasteiger partial charge in [0.2, 0.25) is 6.43 Å². The van der Waals surface area contributed by atoms with Crippen molar-refractivity contribution < 1.29 is 8.78 Å². The van der Waals surface area contributed by atoms with Crippen LogP contribution < -0.4 is 0 Å². The van der Waals surface area contributed by atoms with E-state index in [-0.39, 0.29) is 12.3 Å². The van der Waals surface area contributed by atoms with Crippen LogP contribution in [0.5, 0.6) is 0 Å². The lowest BCUT2D eigenvalue weighted by Gasteiger charge is -2.17. The molecule has 94 valence electrons. The molecule has 0 fully saturated rings. The van der Waals surface area contributed by atoms with Crippen molar-refractivity contribution in [1.82, 2.24) is 0 Å². The molecule has 0 aliphatic rings. The Bertz CT molecular complexity index is 412. The average molecular weight is 246 g/mol. The maximum atomic E-state index is 12.4. The summed E-state index contributed by atoms with van der Waals surface area (Å²) in [7, 11) is 0. The first-order chi connectivity index (χ1) is 8.77. The summed E-state index contributed by atoms with van der Waals surface area (Å²) in [5, 5.41) is 0. The van der Waals surface area contributed by atoms with Crippen LogP contribution in [-0.4, -0.2) is 6.43 Å². The molecule has 2 rings (SSSR count). The molecule has 2 aromatic rings. The van der Waals surface area contributed by atoms with Crippen molar-refractivity contribution in [2.24, 2.45) is 0 Å². The van der Waals surface area contributed by atoms with Crippen molar-refractivity contribution in [2.45, 2.75) is 25.2 Å². The predicted octanol–water partition coefficient (Wildman–Crippen LogP) is 4.86. The van der Waals surface area contributed by atoms with Gasteiger partial charge in [-0.05, 0) is 17.5 Å². The molecule has 0 radical (unpaired) electrons. The lowest BCUT2D eigenvalue weighted by atomic mass is 9.87. The molecule has 0 heterocycles. The van der Waals surface area contributed by atoms with Gasteiger partial charge in [0.1, 0.15) is 0 Å². The van der Waals surface area contributed by atoms with Gasteiger partial charge < -0.3 is 0 Å². The van der Waals surface area contributed by atoms with Gasteiger partial charge in [-0.3, -0.25) is 0 Å². The number of rotatable bonds is 5. The van der Waals surface area contributed by atoms with Crippen LogP contribution in [0.1, 0.15) is 29.9 Å². The van der Waals surface area contributed by atoms with E-state index < -0.39 is 6.43 Å². The van der Waals surface area contributed by atoms with E-state index in [2.05, 4.69) is 0 Å². The summed E-state index contributed by atoms with van der Waals surface area (Å²) < 4.78 is 24.9. The second-order valence-corrected chi connectivity index (χ2v) is 4.34. The minimum Gasteiger partial charge on any atom is -0.211 e. The first kappa shape index (κ1) is 12.7. The van der Waals surface area contributed by atoms with Crippen LogP contribution in [-0.2, 0) is 0 Å². The second kappa shape index (κ2) is 6.29. The van der Waals surface area contributed by atoms with Gasteiger partial charge in [0.15, 0.2) is 0 Å². The number of hydrogen-bond donors (Lipinski definition) is 0. The monoisotopic (exact) mass is 246 g/mol. The third-order valence-corrected chi connectivity index (χ3v) is 3.08. The van der Waals surface area contributed by atoms with E-state index in [9.17, 15) is 8.78 Å². The van der Waals surface area contributed by atoms with E-state index in [0.29, 0.717) is 6.42 Å². The van der Waals surface area contributed by atoms with Crippen LogP contribution >= 0.6 is 0 Å². The maximum absolute atomic E-state index is 12.4. The summed E-state index contributed by atoms with van der Waals surface area (Å²) in [6, 6.07) is 19.7. The van der Waals surface area contributed by atoms with E-state index in [1.807, 2.05) is 60.7 Å². The third kappa shape index (κ3) is 3.39. The zero-order chi connectivity index (χ0) is 12.8. The van der Waals surface area contributed by atoms with Crippen LogP contribution in [0.3, 0.4) is 0 Å². The van der Waals surface area contributed by atoms with Crippen molar-refractivity contribution in [3.05, 3.63) is 71.8 Å². The Kier molecular flexibility index (Phi) is 4.46. The van der Waals surface area contributed by atoms with E-state index in [4.69, 9.17) is 0 Å². The van der Waals surface area contributed by atoms with E-state index >= 15 is 0 Å². The predicted molar refractivity (Wildman–Crippen MR) is 70.0 cm³/mol. The Hall–Kier alpha value is -1.70. The Morgan fingerprint density at radius 2 is 1.11 bits per heavy atom. The van der Waals surface area contributed by atoms with Gasteiger partial charge in [-0.25, -0.2) is 8.78 Å². The normalized spacial score (nSPS) is 11.1. The molecule has 18 heavy (non-hydrogen) atoms. The lowest BCUT2D eigenvalue weighted by molar-refractivity contribution is 0.133. The van der Waals surface area contributed by atoms with Gasteiger partial charge >= 0.3 is 0 Å². The minimum atomic E-state index is -2.24. The molecule has 0 nitrogen and oxygen atoms in total. The molecular formula is C16H16F2. The highest BCUT2D eigenvalue weighted by Gasteiger charge is 2.15. The van der Waals surface area contributed by atoms with Gasteiger partial charge in [0.25, 0.3) is 0 Å². The quantitative estimate of drug-likeness (QED) is 0.706. The minimum absolute atomic E-state index is 0.0569. The van der Waals surface area contributed by atoms with Crippen LogP contribution in [0.2, 0.25) is 0 Å². The maximum Gasteiger partial charge on any atom is 0.238 e. The van der Waals surface area contributed by atoms with Crippen molar-refractivity contribution >= 4 is 0 Å². The summed E-state index contributed by atoms with van der Waals surface area (Å²) in [6.45, 7) is 0. The highest BCUT2D eigenvalue weighted by Crippen LogP contribution is 2.29. The zero-order valence-electron chi connectivity index (χ0n) is 10.1. The molecule has 0 amide bonds. The van der Waals surface area contributed by atoms with Crippen LogP contribution in [0.25, 0.3) is 0 Å². The topological polar surface area (TPSA) is 0 Å². The SMILES string of the molecule is FC(F)CCC(c1ccccc1)c1ccccc1. The number of hydrogen-bond acceptors (Lipinski definition) is 0. The van der Waals surface area contributed by atoms with Crippen LogP contribution in [0, 0.1) is 0 Å². The molecule has 2 aromatic carbocycles. The summed E-state index contributed by atoms with van der Waals surface area (Å²) in [4.78, 5) is 0. The van der Waals surface area contributed by atoms with Crippen molar-refractivity contribution in [1.29, 1.82) is 0 Å². The van der Waals surface area contributed by atoms with Crippen molar-refractivity contribution in [2.75, 3.05) is 0 Å². The van der Waals surface area contributed by atoms with E-state index in [1.54, 1.807) is 0 Å². The molecule has 0 bridgehead atoms. The van der Waals surface area contributed by atoms with E-state index in [1.165, 1.54) is 0 Å². The van der Waals surface area contributed by atoms with Gasteiger partial charge in [0, 0.05) is 12.3 Å². The summed E-state index contributed by atoms with van der Waals surface area (Å²) in [5.74, 6) is 0.0569. The van der Waals surface area contributed by atoms with Gasteiger partial charge in [-0.2, -0.15) is 0 Å². The average Bonchev–Trinajstić information content (AvgIpc) is 2.41. The molecular weight excluding hydrogens is 230 g/mol. The lowest BCUT2D eigenvalue weighted by Crippen LogP contribution is -2.03. The Balaban J connectivity index is 2.24. The van der Waals surface area contributed by atoms with Crippen molar-refractivity contribution in [3.63, 3.8) is 0 Å². The van der Waals surface area contributed by atoms with Gasteiger partial charge in [-0.1, -0.05) is 60.7 Å². The van der Waals surface area contributed by atoms with Crippen LogP contribution in [0.15, 0.2) is 60.7 Å². The fraction of sp³-hybridized carbons (Fsp3) is 0.250. The number of halogens is 2. The van der Waals surface area contributed by atoms with Gasteiger partial charge in [0.05, 0.1) is 0 Å². The van der Waals surface area contributed by atoms with Gasteiger partial charge in [-0.15, -0.1) is 0 Å². The highest BCUT2D eigenvalue weighted by atomic mass is 19.3. The molecule has 0 atom stereocenters. The molecule has 0 aliphatic carbocycles. The summed E-state index contributed by atoms with van der Waals surface area (Å²) >= 11 is 0. The third-order valence-electron chi connectivity index (χ3n) is 3.08. The fourth-order valence-corrected chi connectivity index (χ4v) is 2.19. The zero-order valence-corrected chi connectivity index (χ0v) is 10.1. The summed E-state index contributed by atoms with van der Waals surface area (Å²) in [5.41, 5.74) is 2.20. The van der Waals surface area contributed by atoms with Crippen molar-refractivity contribution in [3.8, 4) is 0 Å². The molecule has 0 aromatic heterocycles. The first-order valence-corrected chi connectivity index (χ1v) is 6.15. The molecule has 0 spiro atoms. The molecule has 0 aliphatic heterocycles. The molecule has 0 saturated heterocycles. The standard InChI is InChI=1S/C16H16F2/c17-16(18)12-11-15(13-7-3-1-4-8-13)14-9-5-2-6-10-14/h1-10,15-16H,11-12H2. The second-order valence-electron chi connectivity index (χ2n) is 4.34. The molecule has 0 saturated carbocycles. The molecule has 0 N–H and O–H groups in total. The largest absolute Gasteiger partial charge is 0.238 e. The fourth-order valence-electron chi connectivity index (χ4n) is 2.19. The Labute approximate surface area is 106 Å². The number of benzene rings is 2. The highest BCUT2D eigenvalue weighted by molar-refractivity contribution is 5.32. The Morgan fingerprint density at radius 1 is 0.667 bits per heavy atom. The summed E-state index contributed by atoms with van der Waals surface area (Å²) in [6.07, 6.45) is -1.82.